The normalized spacial score (nSPS) is 11.9. The topological polar surface area (TPSA) is 52.0 Å². The van der Waals surface area contributed by atoms with Crippen molar-refractivity contribution in [3.8, 4) is 0 Å². The lowest BCUT2D eigenvalue weighted by Crippen LogP contribution is -1.99. The summed E-state index contributed by atoms with van der Waals surface area (Å²) in [5.41, 5.74) is 0. The van der Waals surface area contributed by atoms with E-state index in [1.807, 2.05) is 0 Å². The Morgan fingerprint density at radius 2 is 2.29 bits per heavy atom. The molecular formula is C7H10ClFN2O2S. The second-order valence-electron chi connectivity index (χ2n) is 2.80. The first-order valence-corrected chi connectivity index (χ1v) is 6.30. The van der Waals surface area contributed by atoms with Crippen molar-refractivity contribution in [2.45, 2.75) is 24.9 Å². The Kier molecular flexibility index (Phi) is 3.49. The van der Waals surface area contributed by atoms with Crippen LogP contribution in [0.25, 0.3) is 0 Å². The van der Waals surface area contributed by atoms with E-state index in [9.17, 15) is 12.8 Å². The van der Waals surface area contributed by atoms with E-state index in [1.165, 1.54) is 6.20 Å². The zero-order valence-electron chi connectivity index (χ0n) is 7.57. The summed E-state index contributed by atoms with van der Waals surface area (Å²) in [6, 6.07) is 0. The van der Waals surface area contributed by atoms with Crippen molar-refractivity contribution in [3.05, 3.63) is 12.0 Å². The molecule has 1 aromatic rings. The molecule has 0 amide bonds. The fourth-order valence-electron chi connectivity index (χ4n) is 1.05. The van der Waals surface area contributed by atoms with Gasteiger partial charge in [-0.1, -0.05) is 0 Å². The lowest BCUT2D eigenvalue weighted by Gasteiger charge is -2.00. The Hall–Kier alpha value is -0.620. The van der Waals surface area contributed by atoms with Gasteiger partial charge in [0.25, 0.3) is 9.05 Å². The summed E-state index contributed by atoms with van der Waals surface area (Å²) < 4.78 is 35.2. The SMILES string of the molecule is Cc1nc(S(=O)(=O)Cl)cn1CCCF. The number of hydrogen-bond acceptors (Lipinski definition) is 3. The molecule has 0 radical (unpaired) electrons. The van der Waals surface area contributed by atoms with E-state index in [0.717, 1.165) is 0 Å². The molecule has 1 heterocycles. The number of aryl methyl sites for hydroxylation is 2. The number of nitrogens with zero attached hydrogens (tertiary/aromatic N) is 2. The quantitative estimate of drug-likeness (QED) is 0.749. The zero-order chi connectivity index (χ0) is 10.8. The molecule has 0 saturated heterocycles. The Balaban J connectivity index is 2.94. The van der Waals surface area contributed by atoms with Crippen LogP contribution in [0.15, 0.2) is 11.2 Å². The Morgan fingerprint density at radius 1 is 1.64 bits per heavy atom. The molecule has 0 N–H and O–H groups in total. The number of hydrogen-bond donors (Lipinski definition) is 0. The summed E-state index contributed by atoms with van der Waals surface area (Å²) >= 11 is 0. The molecule has 0 fully saturated rings. The molecule has 80 valence electrons. The second-order valence-corrected chi connectivity index (χ2v) is 5.31. The van der Waals surface area contributed by atoms with Gasteiger partial charge in [0.05, 0.1) is 6.67 Å². The first kappa shape index (κ1) is 11.5. The van der Waals surface area contributed by atoms with Gasteiger partial charge in [0.1, 0.15) is 5.82 Å². The summed E-state index contributed by atoms with van der Waals surface area (Å²) in [6.45, 7) is 1.60. The van der Waals surface area contributed by atoms with Gasteiger partial charge in [0.2, 0.25) is 0 Å². The minimum absolute atomic E-state index is 0.185. The van der Waals surface area contributed by atoms with Crippen LogP contribution in [0.5, 0.6) is 0 Å². The molecule has 7 heteroatoms. The van der Waals surface area contributed by atoms with Crippen molar-refractivity contribution in [3.63, 3.8) is 0 Å². The van der Waals surface area contributed by atoms with Gasteiger partial charge in [0.15, 0.2) is 5.03 Å². The molecule has 0 atom stereocenters. The third-order valence-corrected chi connectivity index (χ3v) is 2.91. The van der Waals surface area contributed by atoms with Crippen LogP contribution >= 0.6 is 10.7 Å². The number of halogens is 2. The van der Waals surface area contributed by atoms with Crippen LogP contribution in [0, 0.1) is 6.92 Å². The predicted molar refractivity (Wildman–Crippen MR) is 50.6 cm³/mol. The second kappa shape index (κ2) is 4.27. The van der Waals surface area contributed by atoms with Gasteiger partial charge >= 0.3 is 0 Å². The molecular weight excluding hydrogens is 231 g/mol. The fraction of sp³-hybridized carbons (Fsp3) is 0.571. The van der Waals surface area contributed by atoms with E-state index in [1.54, 1.807) is 11.5 Å². The molecule has 0 bridgehead atoms. The number of alkyl halides is 1. The summed E-state index contributed by atoms with van der Waals surface area (Å²) in [5.74, 6) is 0.512. The van der Waals surface area contributed by atoms with E-state index in [0.29, 0.717) is 18.8 Å². The first-order chi connectivity index (χ1) is 6.45. The maximum atomic E-state index is 11.9. The van der Waals surface area contributed by atoms with Gasteiger partial charge in [-0.3, -0.25) is 4.39 Å². The van der Waals surface area contributed by atoms with Crippen molar-refractivity contribution in [1.29, 1.82) is 0 Å². The predicted octanol–water partition coefficient (Wildman–Crippen LogP) is 1.48. The summed E-state index contributed by atoms with van der Waals surface area (Å²) in [4.78, 5) is 3.76. The van der Waals surface area contributed by atoms with Crippen LogP contribution in [0.1, 0.15) is 12.2 Å². The number of aromatic nitrogens is 2. The Labute approximate surface area is 86.1 Å². The van der Waals surface area contributed by atoms with Gasteiger partial charge < -0.3 is 4.57 Å². The van der Waals surface area contributed by atoms with E-state index in [-0.39, 0.29) is 5.03 Å². The largest absolute Gasteiger partial charge is 0.334 e. The van der Waals surface area contributed by atoms with E-state index in [4.69, 9.17) is 10.7 Å². The van der Waals surface area contributed by atoms with Crippen molar-refractivity contribution in [2.24, 2.45) is 0 Å². The minimum atomic E-state index is -3.78. The highest BCUT2D eigenvalue weighted by atomic mass is 35.7. The lowest BCUT2D eigenvalue weighted by atomic mass is 10.4. The monoisotopic (exact) mass is 240 g/mol. The standard InChI is InChI=1S/C7H10ClFN2O2S/c1-6-10-7(14(8,12)13)5-11(6)4-2-3-9/h5H,2-4H2,1H3. The number of rotatable bonds is 4. The summed E-state index contributed by atoms with van der Waals surface area (Å²) in [6.07, 6.45) is 1.65. The van der Waals surface area contributed by atoms with Gasteiger partial charge in [-0.05, 0) is 13.3 Å². The highest BCUT2D eigenvalue weighted by Crippen LogP contribution is 2.14. The van der Waals surface area contributed by atoms with Gasteiger partial charge in [-0.25, -0.2) is 13.4 Å². The van der Waals surface area contributed by atoms with Crippen LogP contribution in [-0.4, -0.2) is 24.6 Å². The van der Waals surface area contributed by atoms with Crippen LogP contribution in [0.2, 0.25) is 0 Å². The smallest absolute Gasteiger partial charge is 0.280 e. The third-order valence-electron chi connectivity index (χ3n) is 1.74. The van der Waals surface area contributed by atoms with Crippen molar-refractivity contribution in [2.75, 3.05) is 6.67 Å². The maximum absolute atomic E-state index is 11.9. The highest BCUT2D eigenvalue weighted by Gasteiger charge is 2.15. The molecule has 0 spiro atoms. The molecule has 1 aromatic heterocycles. The van der Waals surface area contributed by atoms with E-state index < -0.39 is 15.7 Å². The first-order valence-electron chi connectivity index (χ1n) is 3.99. The Morgan fingerprint density at radius 3 is 2.71 bits per heavy atom. The molecule has 0 unspecified atom stereocenters. The van der Waals surface area contributed by atoms with Crippen LogP contribution < -0.4 is 0 Å². The fourth-order valence-corrected chi connectivity index (χ4v) is 1.77. The van der Waals surface area contributed by atoms with Gasteiger partial charge in [-0.15, -0.1) is 0 Å². The summed E-state index contributed by atoms with van der Waals surface area (Å²) in [7, 11) is 1.32. The van der Waals surface area contributed by atoms with Crippen molar-refractivity contribution < 1.29 is 12.8 Å². The van der Waals surface area contributed by atoms with E-state index in [2.05, 4.69) is 4.98 Å². The molecule has 0 aliphatic heterocycles. The molecule has 4 nitrogen and oxygen atoms in total. The zero-order valence-corrected chi connectivity index (χ0v) is 9.15. The molecule has 0 saturated carbocycles. The van der Waals surface area contributed by atoms with Gasteiger partial charge in [0, 0.05) is 23.4 Å². The molecule has 1 rings (SSSR count). The lowest BCUT2D eigenvalue weighted by molar-refractivity contribution is 0.444. The van der Waals surface area contributed by atoms with Crippen LogP contribution in [0.4, 0.5) is 4.39 Å². The molecule has 0 aliphatic rings. The van der Waals surface area contributed by atoms with Crippen LogP contribution in [0.3, 0.4) is 0 Å². The highest BCUT2D eigenvalue weighted by molar-refractivity contribution is 8.13. The van der Waals surface area contributed by atoms with Crippen molar-refractivity contribution >= 4 is 19.7 Å². The maximum Gasteiger partial charge on any atom is 0.280 e. The van der Waals surface area contributed by atoms with E-state index >= 15 is 0 Å². The molecule has 14 heavy (non-hydrogen) atoms. The average molecular weight is 241 g/mol. The molecule has 0 aliphatic carbocycles. The Bertz CT molecular complexity index is 415. The average Bonchev–Trinajstić information content (AvgIpc) is 2.43. The van der Waals surface area contributed by atoms with Gasteiger partial charge in [-0.2, -0.15) is 0 Å². The van der Waals surface area contributed by atoms with Crippen LogP contribution in [-0.2, 0) is 15.6 Å². The summed E-state index contributed by atoms with van der Waals surface area (Å²) in [5, 5.41) is -0.185. The number of imidazole rings is 1. The van der Waals surface area contributed by atoms with Crippen molar-refractivity contribution in [1.82, 2.24) is 9.55 Å². The third kappa shape index (κ3) is 2.68. The molecule has 0 aromatic carbocycles. The minimum Gasteiger partial charge on any atom is -0.334 e.